The van der Waals surface area contributed by atoms with Crippen molar-refractivity contribution >= 4 is 34.4 Å². The SMILES string of the molecule is CC#Cc1ccc2c(=O)[nH]nc(Cc3ccc(F)c(C(=O)N4C5CCC4CN(c4ccc(C#N)cn4)C5)c3)c2c1.CC(C)(C)OC(=O)N1C2CCC1CN(c1ccc(C#N)cn1)C2. The molecule has 320 valence electrons. The molecule has 4 bridgehead atoms. The Labute approximate surface area is 364 Å². The van der Waals surface area contributed by atoms with Crippen LogP contribution in [0.1, 0.15) is 91.7 Å². The molecule has 0 radical (unpaired) electrons. The molecule has 0 spiro atoms. The molecule has 4 saturated heterocycles. The standard InChI is InChI=1S/C31H25FN6O2.C17H22N4O2/c1-2-3-19-4-9-24-25(12-19)28(35-36-30(24)39)14-20-5-10-27(32)26(13-20)31(40)38-22-7-8-23(38)18-37(17-22)29-11-6-21(15-33)16-34-29;1-17(2,3)23-16(22)21-13-5-6-14(21)11-20(10-13)15-7-4-12(8-18)9-19-15/h4-6,9-13,16,22-23H,7-8,14,17-18H2,1H3,(H,36,39);4,7,9,13-14H,5-6,10-11H2,1-3H3. The van der Waals surface area contributed by atoms with E-state index in [0.717, 1.165) is 56.0 Å². The molecule has 5 aromatic rings. The van der Waals surface area contributed by atoms with E-state index < -0.39 is 11.4 Å². The number of anilines is 2. The molecule has 4 aliphatic rings. The van der Waals surface area contributed by atoms with Gasteiger partial charge in [-0.15, -0.1) is 5.92 Å². The molecular formula is C48H47FN10O4. The minimum Gasteiger partial charge on any atom is -0.444 e. The number of pyridine rings is 2. The first-order valence-electron chi connectivity index (χ1n) is 21.1. The van der Waals surface area contributed by atoms with E-state index in [1.165, 1.54) is 6.07 Å². The van der Waals surface area contributed by atoms with Crippen LogP contribution in [0.15, 0.2) is 77.9 Å². The van der Waals surface area contributed by atoms with Gasteiger partial charge in [-0.1, -0.05) is 12.0 Å². The average molecular weight is 847 g/mol. The number of carbonyl (C=O) groups excluding carboxylic acids is 2. The Bertz CT molecular complexity index is 2730. The molecule has 4 unspecified atom stereocenters. The zero-order valence-corrected chi connectivity index (χ0v) is 35.6. The molecule has 4 aliphatic heterocycles. The molecule has 15 heteroatoms. The highest BCUT2D eigenvalue weighted by Gasteiger charge is 2.45. The van der Waals surface area contributed by atoms with Gasteiger partial charge in [0.2, 0.25) is 0 Å². The fraction of sp³-hybridized carbons (Fsp3) is 0.375. The van der Waals surface area contributed by atoms with Crippen LogP contribution in [0.5, 0.6) is 0 Å². The number of aromatic amines is 1. The second-order valence-electron chi connectivity index (χ2n) is 17.3. The molecule has 63 heavy (non-hydrogen) atoms. The summed E-state index contributed by atoms with van der Waals surface area (Å²) in [6.45, 7) is 10.1. The lowest BCUT2D eigenvalue weighted by atomic mass is 10.00. The summed E-state index contributed by atoms with van der Waals surface area (Å²) >= 11 is 0. The van der Waals surface area contributed by atoms with Crippen molar-refractivity contribution in [2.45, 2.75) is 89.6 Å². The summed E-state index contributed by atoms with van der Waals surface area (Å²) in [6.07, 6.45) is 6.90. The van der Waals surface area contributed by atoms with Crippen molar-refractivity contribution in [2.75, 3.05) is 36.0 Å². The second-order valence-corrected chi connectivity index (χ2v) is 17.3. The van der Waals surface area contributed by atoms with Crippen molar-refractivity contribution < 1.29 is 18.7 Å². The van der Waals surface area contributed by atoms with E-state index in [4.69, 9.17) is 15.3 Å². The second kappa shape index (κ2) is 17.6. The highest BCUT2D eigenvalue weighted by Crippen LogP contribution is 2.35. The molecule has 4 fully saturated rings. The summed E-state index contributed by atoms with van der Waals surface area (Å²) < 4.78 is 20.6. The van der Waals surface area contributed by atoms with Gasteiger partial charge in [0.05, 0.1) is 51.9 Å². The summed E-state index contributed by atoms with van der Waals surface area (Å²) in [6, 6.07) is 21.5. The van der Waals surface area contributed by atoms with Crippen LogP contribution in [0, 0.1) is 40.3 Å². The number of rotatable bonds is 5. The predicted octanol–water partition coefficient (Wildman–Crippen LogP) is 6.33. The van der Waals surface area contributed by atoms with E-state index in [2.05, 4.69) is 53.9 Å². The number of piperazine rings is 2. The van der Waals surface area contributed by atoms with Crippen LogP contribution < -0.4 is 15.4 Å². The van der Waals surface area contributed by atoms with Gasteiger partial charge in [0.15, 0.2) is 0 Å². The Kier molecular flexibility index (Phi) is 11.8. The number of amides is 2. The number of nitrogens with one attached hydrogen (secondary N) is 1. The molecule has 2 aromatic carbocycles. The third-order valence-corrected chi connectivity index (χ3v) is 12.0. The van der Waals surface area contributed by atoms with Gasteiger partial charge >= 0.3 is 6.09 Å². The summed E-state index contributed by atoms with van der Waals surface area (Å²) in [7, 11) is 0. The quantitative estimate of drug-likeness (QED) is 0.196. The van der Waals surface area contributed by atoms with Gasteiger partial charge in [-0.3, -0.25) is 14.5 Å². The lowest BCUT2D eigenvalue weighted by molar-refractivity contribution is 0.0122. The van der Waals surface area contributed by atoms with Crippen LogP contribution in [0.2, 0.25) is 0 Å². The monoisotopic (exact) mass is 846 g/mol. The molecule has 0 saturated carbocycles. The molecule has 9 rings (SSSR count). The smallest absolute Gasteiger partial charge is 0.410 e. The number of H-pyrrole nitrogens is 1. The van der Waals surface area contributed by atoms with E-state index >= 15 is 4.39 Å². The highest BCUT2D eigenvalue weighted by atomic mass is 19.1. The van der Waals surface area contributed by atoms with Crippen molar-refractivity contribution in [3.63, 3.8) is 0 Å². The molecule has 14 nitrogen and oxygen atoms in total. The number of benzene rings is 2. The van der Waals surface area contributed by atoms with E-state index in [0.29, 0.717) is 52.7 Å². The van der Waals surface area contributed by atoms with Gasteiger partial charge < -0.3 is 19.4 Å². The van der Waals surface area contributed by atoms with Crippen molar-refractivity contribution in [2.24, 2.45) is 0 Å². The lowest BCUT2D eigenvalue weighted by Gasteiger charge is -2.41. The van der Waals surface area contributed by atoms with Crippen LogP contribution in [-0.4, -0.2) is 97.9 Å². The maximum Gasteiger partial charge on any atom is 0.410 e. The van der Waals surface area contributed by atoms with Gasteiger partial charge in [0, 0.05) is 55.9 Å². The van der Waals surface area contributed by atoms with Gasteiger partial charge in [0.1, 0.15) is 35.2 Å². The number of fused-ring (bicyclic) bond motifs is 5. The number of ether oxygens (including phenoxy) is 1. The van der Waals surface area contributed by atoms with Crippen LogP contribution in [-0.2, 0) is 11.2 Å². The van der Waals surface area contributed by atoms with Gasteiger partial charge in [-0.05, 0) is 114 Å². The average Bonchev–Trinajstić information content (AvgIpc) is 3.71. The number of hydrogen-bond acceptors (Lipinski definition) is 11. The van der Waals surface area contributed by atoms with Crippen molar-refractivity contribution in [3.8, 4) is 24.0 Å². The van der Waals surface area contributed by atoms with E-state index in [1.54, 1.807) is 55.7 Å². The number of hydrogen-bond donors (Lipinski definition) is 1. The van der Waals surface area contributed by atoms with Crippen LogP contribution >= 0.6 is 0 Å². The number of carbonyl (C=O) groups is 2. The number of halogens is 1. The van der Waals surface area contributed by atoms with Crippen molar-refractivity contribution in [3.05, 3.63) is 123 Å². The normalized spacial score (nSPS) is 19.9. The minimum atomic E-state index is -0.566. The third kappa shape index (κ3) is 9.03. The van der Waals surface area contributed by atoms with Gasteiger partial charge in [-0.2, -0.15) is 15.6 Å². The Balaban J connectivity index is 0.000000201. The first-order chi connectivity index (χ1) is 30.3. The highest BCUT2D eigenvalue weighted by molar-refractivity contribution is 5.95. The number of nitriles is 2. The van der Waals surface area contributed by atoms with E-state index in [9.17, 15) is 14.4 Å². The molecule has 7 heterocycles. The number of aromatic nitrogens is 4. The van der Waals surface area contributed by atoms with E-state index in [-0.39, 0.29) is 47.3 Å². The van der Waals surface area contributed by atoms with Crippen molar-refractivity contribution in [1.82, 2.24) is 30.0 Å². The molecule has 0 aliphatic carbocycles. The predicted molar refractivity (Wildman–Crippen MR) is 234 cm³/mol. The Morgan fingerprint density at radius 2 is 1.33 bits per heavy atom. The summed E-state index contributed by atoms with van der Waals surface area (Å²) in [4.78, 5) is 55.3. The molecule has 4 atom stereocenters. The van der Waals surface area contributed by atoms with Crippen LogP contribution in [0.3, 0.4) is 0 Å². The zero-order valence-electron chi connectivity index (χ0n) is 35.6. The minimum absolute atomic E-state index is 0.0330. The van der Waals surface area contributed by atoms with Gasteiger partial charge in [0.25, 0.3) is 11.5 Å². The fourth-order valence-electron chi connectivity index (χ4n) is 9.16. The van der Waals surface area contributed by atoms with Crippen LogP contribution in [0.25, 0.3) is 10.8 Å². The van der Waals surface area contributed by atoms with Crippen LogP contribution in [0.4, 0.5) is 20.8 Å². The molecule has 3 aromatic heterocycles. The van der Waals surface area contributed by atoms with Crippen molar-refractivity contribution in [1.29, 1.82) is 10.5 Å². The summed E-state index contributed by atoms with van der Waals surface area (Å²) in [5.74, 6) is 6.61. The molecular weight excluding hydrogens is 800 g/mol. The first kappa shape index (κ1) is 42.4. The Morgan fingerprint density at radius 3 is 1.84 bits per heavy atom. The molecule has 2 amide bonds. The van der Waals surface area contributed by atoms with Gasteiger partial charge in [-0.25, -0.2) is 24.3 Å². The summed E-state index contributed by atoms with van der Waals surface area (Å²) in [5.41, 5.74) is 2.42. The maximum absolute atomic E-state index is 15.1. The fourth-order valence-corrected chi connectivity index (χ4v) is 9.16. The Hall–Kier alpha value is -7.31. The van der Waals surface area contributed by atoms with E-state index in [1.807, 2.05) is 48.8 Å². The lowest BCUT2D eigenvalue weighted by Crippen LogP contribution is -2.57. The maximum atomic E-state index is 15.1. The largest absolute Gasteiger partial charge is 0.444 e. The zero-order chi connectivity index (χ0) is 44.4. The number of nitrogens with zero attached hydrogens (tertiary/aromatic N) is 9. The molecule has 1 N–H and O–H groups in total. The topological polar surface area (TPSA) is 175 Å². The third-order valence-electron chi connectivity index (χ3n) is 12.0. The Morgan fingerprint density at radius 1 is 0.778 bits per heavy atom. The summed E-state index contributed by atoms with van der Waals surface area (Å²) in [5, 5.41) is 25.9. The first-order valence-corrected chi connectivity index (χ1v) is 21.1.